The quantitative estimate of drug-likeness (QED) is 0.556. The number of carboxylic acids is 1. The number of carbonyl (C=O) groups excluding carboxylic acids is 1. The summed E-state index contributed by atoms with van der Waals surface area (Å²) in [4.78, 5) is 21.0. The van der Waals surface area contributed by atoms with Gasteiger partial charge in [0.2, 0.25) is 5.91 Å². The van der Waals surface area contributed by atoms with Crippen LogP contribution < -0.4 is 5.32 Å². The van der Waals surface area contributed by atoms with E-state index in [4.69, 9.17) is 69.6 Å². The molecule has 0 aromatic heterocycles. The number of hydrogen-bond donors (Lipinski definition) is 2. The van der Waals surface area contributed by atoms with Gasteiger partial charge in [0.25, 0.3) is 0 Å². The normalized spacial score (nSPS) is 34.1. The van der Waals surface area contributed by atoms with Crippen molar-refractivity contribution in [2.75, 3.05) is 5.32 Å². The van der Waals surface area contributed by atoms with E-state index in [1.54, 1.807) is 19.1 Å². The molecule has 0 heterocycles. The number of benzene rings is 1. The third kappa shape index (κ3) is 2.57. The van der Waals surface area contributed by atoms with Crippen LogP contribution in [-0.4, -0.2) is 31.1 Å². The first kappa shape index (κ1) is 21.4. The summed E-state index contributed by atoms with van der Waals surface area (Å²) < 4.78 is -2.12. The predicted molar refractivity (Wildman–Crippen MR) is 109 cm³/mol. The third-order valence-corrected chi connectivity index (χ3v) is 9.38. The maximum Gasteiger partial charge on any atom is 0.309 e. The SMILES string of the molecule is Cc1ccc(NC(=O)[C@H]2[C@@H](C(=O)O)[C@]3(Cl)C(Cl)=C(Cl)[C@]2(Cl)C3(Cl)Cl)c(C)c1. The number of amides is 1. The molecule has 4 atom stereocenters. The number of carbonyl (C=O) groups is 2. The minimum absolute atomic E-state index is 0.232. The molecule has 10 heteroatoms. The van der Waals surface area contributed by atoms with E-state index in [2.05, 4.69) is 5.32 Å². The number of carboxylic acid groups (broad SMARTS) is 1. The second-order valence-corrected chi connectivity index (χ2v) is 10.0. The molecule has 1 aromatic carbocycles. The van der Waals surface area contributed by atoms with Crippen LogP contribution in [0.25, 0.3) is 0 Å². The van der Waals surface area contributed by atoms with Gasteiger partial charge in [-0.2, -0.15) is 0 Å². The van der Waals surface area contributed by atoms with Gasteiger partial charge in [0.1, 0.15) is 9.75 Å². The van der Waals surface area contributed by atoms with E-state index < -0.39 is 37.8 Å². The maximum atomic E-state index is 13.1. The van der Waals surface area contributed by atoms with Crippen molar-refractivity contribution < 1.29 is 14.7 Å². The Hall–Kier alpha value is -0.360. The largest absolute Gasteiger partial charge is 0.481 e. The van der Waals surface area contributed by atoms with Crippen molar-refractivity contribution in [1.82, 2.24) is 0 Å². The van der Waals surface area contributed by atoms with E-state index in [0.717, 1.165) is 11.1 Å². The second kappa shape index (κ2) is 6.58. The summed E-state index contributed by atoms with van der Waals surface area (Å²) in [6.45, 7) is 3.71. The van der Waals surface area contributed by atoms with E-state index in [-0.39, 0.29) is 10.1 Å². The second-order valence-electron chi connectivity index (χ2n) is 6.73. The van der Waals surface area contributed by atoms with Crippen LogP contribution in [0.4, 0.5) is 5.69 Å². The molecule has 4 nitrogen and oxygen atoms in total. The molecule has 0 saturated heterocycles. The molecule has 0 spiro atoms. The molecule has 0 radical (unpaired) electrons. The first-order valence-corrected chi connectivity index (χ1v) is 10.0. The Morgan fingerprint density at radius 2 is 1.52 bits per heavy atom. The number of allylic oxidation sites excluding steroid dienone is 2. The first-order valence-electron chi connectivity index (χ1n) is 7.74. The highest BCUT2D eigenvalue weighted by molar-refractivity contribution is 6.66. The molecule has 1 fully saturated rings. The summed E-state index contributed by atoms with van der Waals surface area (Å²) in [6.07, 6.45) is 0. The highest BCUT2D eigenvalue weighted by Crippen LogP contribution is 2.76. The molecule has 27 heavy (non-hydrogen) atoms. The van der Waals surface area contributed by atoms with Crippen LogP contribution in [-0.2, 0) is 9.59 Å². The van der Waals surface area contributed by atoms with Gasteiger partial charge >= 0.3 is 5.97 Å². The van der Waals surface area contributed by atoms with Crippen LogP contribution in [0.1, 0.15) is 11.1 Å². The third-order valence-electron chi connectivity index (χ3n) is 5.12. The lowest BCUT2D eigenvalue weighted by Crippen LogP contribution is -2.47. The van der Waals surface area contributed by atoms with Crippen LogP contribution >= 0.6 is 69.6 Å². The Balaban J connectivity index is 2.11. The van der Waals surface area contributed by atoms with Gasteiger partial charge in [0.05, 0.1) is 21.9 Å². The number of alkyl halides is 4. The minimum Gasteiger partial charge on any atom is -0.481 e. The zero-order valence-electron chi connectivity index (χ0n) is 13.9. The smallest absolute Gasteiger partial charge is 0.309 e. The lowest BCUT2D eigenvalue weighted by molar-refractivity contribution is -0.146. The lowest BCUT2D eigenvalue weighted by atomic mass is 9.81. The van der Waals surface area contributed by atoms with Crippen LogP contribution in [0.5, 0.6) is 0 Å². The molecule has 2 aliphatic rings. The number of halogens is 6. The molecule has 2 bridgehead atoms. The van der Waals surface area contributed by atoms with E-state index in [0.29, 0.717) is 5.69 Å². The summed E-state index contributed by atoms with van der Waals surface area (Å²) in [7, 11) is 0. The van der Waals surface area contributed by atoms with Gasteiger partial charge in [-0.3, -0.25) is 9.59 Å². The van der Waals surface area contributed by atoms with E-state index in [1.165, 1.54) is 0 Å². The molecule has 0 unspecified atom stereocenters. The average molecular weight is 492 g/mol. The summed E-state index contributed by atoms with van der Waals surface area (Å²) in [6, 6.07) is 5.36. The molecule has 2 N–H and O–H groups in total. The molecule has 1 aromatic rings. The standard InChI is InChI=1S/C17H13Cl6NO3/c1-6-3-4-8(7(2)5-6)24-13(25)9-10(14(26)27)16(21)12(19)11(18)15(9,20)17(16,22)23/h3-5,9-10H,1-2H3,(H,24,25)(H,26,27)/t9-,10+,15+,16+/m1/s1. The highest BCUT2D eigenvalue weighted by atomic mass is 35.5. The fourth-order valence-corrected chi connectivity index (χ4v) is 6.73. The van der Waals surface area contributed by atoms with Crippen molar-refractivity contribution >= 4 is 87.2 Å². The Morgan fingerprint density at radius 3 is 2.00 bits per heavy atom. The molecule has 1 amide bonds. The van der Waals surface area contributed by atoms with Gasteiger partial charge in [-0.15, -0.1) is 23.2 Å². The van der Waals surface area contributed by atoms with Crippen LogP contribution in [0.15, 0.2) is 28.3 Å². The number of anilines is 1. The lowest BCUT2D eigenvalue weighted by Gasteiger charge is -2.33. The van der Waals surface area contributed by atoms with Crippen molar-refractivity contribution in [2.45, 2.75) is 27.9 Å². The van der Waals surface area contributed by atoms with Gasteiger partial charge in [0, 0.05) is 5.69 Å². The first-order chi connectivity index (χ1) is 12.3. The fourth-order valence-electron chi connectivity index (χ4n) is 3.79. The number of nitrogens with one attached hydrogen (secondary N) is 1. The number of aryl methyl sites for hydroxylation is 2. The van der Waals surface area contributed by atoms with Gasteiger partial charge in [0.15, 0.2) is 4.33 Å². The van der Waals surface area contributed by atoms with Crippen molar-refractivity contribution in [3.8, 4) is 0 Å². The minimum atomic E-state index is -2.12. The number of hydrogen-bond acceptors (Lipinski definition) is 2. The predicted octanol–water partition coefficient (Wildman–Crippen LogP) is 5.40. The van der Waals surface area contributed by atoms with Crippen molar-refractivity contribution in [2.24, 2.45) is 11.8 Å². The fraction of sp³-hybridized carbons (Fsp3) is 0.412. The van der Waals surface area contributed by atoms with Gasteiger partial charge in [-0.1, -0.05) is 64.1 Å². The average Bonchev–Trinajstić information content (AvgIpc) is 2.77. The van der Waals surface area contributed by atoms with Gasteiger partial charge < -0.3 is 10.4 Å². The molecule has 2 aliphatic carbocycles. The zero-order valence-corrected chi connectivity index (χ0v) is 18.5. The zero-order chi connectivity index (χ0) is 20.5. The number of fused-ring (bicyclic) bond motifs is 2. The van der Waals surface area contributed by atoms with Crippen molar-refractivity contribution in [3.63, 3.8) is 0 Å². The molecule has 146 valence electrons. The van der Waals surface area contributed by atoms with Crippen molar-refractivity contribution in [3.05, 3.63) is 39.4 Å². The maximum absolute atomic E-state index is 13.1. The van der Waals surface area contributed by atoms with Gasteiger partial charge in [-0.05, 0) is 25.5 Å². The van der Waals surface area contributed by atoms with Gasteiger partial charge in [-0.25, -0.2) is 0 Å². The molecular formula is C17H13Cl6NO3. The molecule has 1 saturated carbocycles. The summed E-state index contributed by atoms with van der Waals surface area (Å²) in [5.41, 5.74) is 2.27. The van der Waals surface area contributed by atoms with Crippen molar-refractivity contribution in [1.29, 1.82) is 0 Å². The van der Waals surface area contributed by atoms with E-state index in [9.17, 15) is 14.7 Å². The highest BCUT2D eigenvalue weighted by Gasteiger charge is 2.85. The Morgan fingerprint density at radius 1 is 1.00 bits per heavy atom. The summed E-state index contributed by atoms with van der Waals surface area (Å²) in [5.74, 6) is -5.19. The number of rotatable bonds is 3. The van der Waals surface area contributed by atoms with Crippen LogP contribution in [0.3, 0.4) is 0 Å². The van der Waals surface area contributed by atoms with Crippen LogP contribution in [0, 0.1) is 25.7 Å². The Kier molecular flexibility index (Phi) is 5.20. The van der Waals surface area contributed by atoms with E-state index in [1.807, 2.05) is 13.0 Å². The Labute approximate surface area is 185 Å². The van der Waals surface area contributed by atoms with E-state index >= 15 is 0 Å². The summed E-state index contributed by atoms with van der Waals surface area (Å²) >= 11 is 38.3. The molecule has 3 rings (SSSR count). The molecular weight excluding hydrogens is 479 g/mol. The monoisotopic (exact) mass is 489 g/mol. The Bertz CT molecular complexity index is 901. The molecule has 0 aliphatic heterocycles. The topological polar surface area (TPSA) is 66.4 Å². The number of aliphatic carboxylic acids is 1. The summed E-state index contributed by atoms with van der Waals surface area (Å²) in [5, 5.41) is 11.9. The van der Waals surface area contributed by atoms with Crippen LogP contribution in [0.2, 0.25) is 0 Å².